The highest BCUT2D eigenvalue weighted by molar-refractivity contribution is 5.98. The highest BCUT2D eigenvalue weighted by Crippen LogP contribution is 2.11. The molecule has 0 aliphatic carbocycles. The molecule has 0 radical (unpaired) electrons. The van der Waals surface area contributed by atoms with Crippen LogP contribution in [-0.2, 0) is 16.0 Å². The number of amides is 3. The second kappa shape index (κ2) is 8.44. The third-order valence-corrected chi connectivity index (χ3v) is 3.61. The lowest BCUT2D eigenvalue weighted by Crippen LogP contribution is -2.45. The standard InChI is InChI=1S/C19H18N4O3/c1-12(24)22-16-7-5-15(6-8-16)19(26)23-17(18(21)25)10-13-3-2-4-14(9-13)11-20/h2-9,17H,10H2,1H3,(H2,21,25)(H,22,24)(H,23,26)/t17-/m0/s1. The molecule has 0 spiro atoms. The molecule has 0 fully saturated rings. The summed E-state index contributed by atoms with van der Waals surface area (Å²) in [5.74, 6) is -1.34. The zero-order valence-electron chi connectivity index (χ0n) is 14.2. The van der Waals surface area contributed by atoms with E-state index < -0.39 is 17.9 Å². The van der Waals surface area contributed by atoms with E-state index in [1.807, 2.05) is 6.07 Å². The van der Waals surface area contributed by atoms with Crippen LogP contribution in [-0.4, -0.2) is 23.8 Å². The topological polar surface area (TPSA) is 125 Å². The van der Waals surface area contributed by atoms with E-state index in [1.165, 1.54) is 19.1 Å². The van der Waals surface area contributed by atoms with E-state index in [1.54, 1.807) is 36.4 Å². The summed E-state index contributed by atoms with van der Waals surface area (Å²) in [4.78, 5) is 35.1. The normalized spacial score (nSPS) is 11.1. The Balaban J connectivity index is 2.09. The molecule has 0 aromatic heterocycles. The second-order valence-corrected chi connectivity index (χ2v) is 5.70. The molecule has 4 N–H and O–H groups in total. The van der Waals surface area contributed by atoms with Crippen molar-refractivity contribution in [1.29, 1.82) is 5.26 Å². The zero-order chi connectivity index (χ0) is 19.1. The molecule has 2 aromatic carbocycles. The molecule has 0 bridgehead atoms. The molecule has 0 heterocycles. The molecule has 7 heteroatoms. The first-order chi connectivity index (χ1) is 12.4. The summed E-state index contributed by atoms with van der Waals surface area (Å²) in [7, 11) is 0. The predicted octanol–water partition coefficient (Wildman–Crippen LogP) is 1.34. The average molecular weight is 350 g/mol. The zero-order valence-corrected chi connectivity index (χ0v) is 14.2. The first-order valence-electron chi connectivity index (χ1n) is 7.86. The SMILES string of the molecule is CC(=O)Nc1ccc(C(=O)N[C@@H](Cc2cccc(C#N)c2)C(N)=O)cc1. The summed E-state index contributed by atoms with van der Waals surface area (Å²) >= 11 is 0. The van der Waals surface area contributed by atoms with Gasteiger partial charge in [0.05, 0.1) is 11.6 Å². The lowest BCUT2D eigenvalue weighted by Gasteiger charge is -2.16. The van der Waals surface area contributed by atoms with Gasteiger partial charge in [0.15, 0.2) is 0 Å². The summed E-state index contributed by atoms with van der Waals surface area (Å²) in [6, 6.07) is 14.1. The van der Waals surface area contributed by atoms with Crippen LogP contribution >= 0.6 is 0 Å². The van der Waals surface area contributed by atoms with Crippen molar-refractivity contribution in [2.45, 2.75) is 19.4 Å². The Morgan fingerprint density at radius 2 is 1.85 bits per heavy atom. The van der Waals surface area contributed by atoms with Gasteiger partial charge in [0.1, 0.15) is 6.04 Å². The number of hydrogen-bond donors (Lipinski definition) is 3. The Morgan fingerprint density at radius 1 is 1.15 bits per heavy atom. The number of carbonyl (C=O) groups excluding carboxylic acids is 3. The predicted molar refractivity (Wildman–Crippen MR) is 96.1 cm³/mol. The van der Waals surface area contributed by atoms with Gasteiger partial charge in [-0.2, -0.15) is 5.26 Å². The smallest absolute Gasteiger partial charge is 0.251 e. The van der Waals surface area contributed by atoms with Crippen molar-refractivity contribution >= 4 is 23.4 Å². The van der Waals surface area contributed by atoms with Gasteiger partial charge in [-0.25, -0.2) is 0 Å². The molecule has 1 atom stereocenters. The summed E-state index contributed by atoms with van der Waals surface area (Å²) < 4.78 is 0. The average Bonchev–Trinajstić information content (AvgIpc) is 2.61. The van der Waals surface area contributed by atoms with Crippen molar-refractivity contribution in [3.63, 3.8) is 0 Å². The molecular weight excluding hydrogens is 332 g/mol. The maximum absolute atomic E-state index is 12.3. The van der Waals surface area contributed by atoms with Crippen molar-refractivity contribution in [1.82, 2.24) is 5.32 Å². The molecule has 0 saturated carbocycles. The molecule has 2 rings (SSSR count). The van der Waals surface area contributed by atoms with Crippen molar-refractivity contribution < 1.29 is 14.4 Å². The van der Waals surface area contributed by atoms with Gasteiger partial charge in [0, 0.05) is 24.6 Å². The molecule has 3 amide bonds. The van der Waals surface area contributed by atoms with E-state index in [0.717, 1.165) is 0 Å². The maximum Gasteiger partial charge on any atom is 0.251 e. The Kier molecular flexibility index (Phi) is 6.06. The van der Waals surface area contributed by atoms with Crippen LogP contribution in [0.3, 0.4) is 0 Å². The van der Waals surface area contributed by atoms with E-state index >= 15 is 0 Å². The molecule has 0 aliphatic heterocycles. The number of nitrogens with zero attached hydrogens (tertiary/aromatic N) is 1. The lowest BCUT2D eigenvalue weighted by molar-refractivity contribution is -0.119. The Bertz CT molecular complexity index is 869. The van der Waals surface area contributed by atoms with Crippen LogP contribution in [0, 0.1) is 11.3 Å². The fraction of sp³-hybridized carbons (Fsp3) is 0.158. The molecule has 0 unspecified atom stereocenters. The van der Waals surface area contributed by atoms with Crippen LogP contribution in [0.1, 0.15) is 28.4 Å². The van der Waals surface area contributed by atoms with Crippen molar-refractivity contribution in [3.05, 3.63) is 65.2 Å². The Hall–Kier alpha value is -3.66. The van der Waals surface area contributed by atoms with Crippen LogP contribution < -0.4 is 16.4 Å². The number of anilines is 1. The van der Waals surface area contributed by atoms with E-state index in [4.69, 9.17) is 11.0 Å². The van der Waals surface area contributed by atoms with Gasteiger partial charge in [0.2, 0.25) is 11.8 Å². The summed E-state index contributed by atoms with van der Waals surface area (Å²) in [5.41, 5.74) is 7.47. The molecule has 0 aliphatic rings. The van der Waals surface area contributed by atoms with Gasteiger partial charge in [0.25, 0.3) is 5.91 Å². The van der Waals surface area contributed by atoms with E-state index in [-0.39, 0.29) is 12.3 Å². The van der Waals surface area contributed by atoms with Crippen LogP contribution in [0.2, 0.25) is 0 Å². The molecule has 7 nitrogen and oxygen atoms in total. The number of rotatable bonds is 6. The minimum absolute atomic E-state index is 0.181. The maximum atomic E-state index is 12.3. The van der Waals surface area contributed by atoms with Crippen LogP contribution in [0.25, 0.3) is 0 Å². The van der Waals surface area contributed by atoms with E-state index in [2.05, 4.69) is 10.6 Å². The molecule has 2 aromatic rings. The first kappa shape index (κ1) is 18.7. The Morgan fingerprint density at radius 3 is 2.42 bits per heavy atom. The highest BCUT2D eigenvalue weighted by atomic mass is 16.2. The van der Waals surface area contributed by atoms with Gasteiger partial charge in [-0.1, -0.05) is 12.1 Å². The fourth-order valence-electron chi connectivity index (χ4n) is 2.38. The van der Waals surface area contributed by atoms with Gasteiger partial charge >= 0.3 is 0 Å². The van der Waals surface area contributed by atoms with Crippen LogP contribution in [0.15, 0.2) is 48.5 Å². The van der Waals surface area contributed by atoms with Crippen molar-refractivity contribution in [2.24, 2.45) is 5.73 Å². The minimum Gasteiger partial charge on any atom is -0.368 e. The third kappa shape index (κ3) is 5.18. The monoisotopic (exact) mass is 350 g/mol. The number of carbonyl (C=O) groups is 3. The summed E-state index contributed by atoms with van der Waals surface area (Å²) in [5, 5.41) is 14.1. The number of primary amides is 1. The van der Waals surface area contributed by atoms with Crippen molar-refractivity contribution in [2.75, 3.05) is 5.32 Å². The largest absolute Gasteiger partial charge is 0.368 e. The number of nitrogens with one attached hydrogen (secondary N) is 2. The quantitative estimate of drug-likeness (QED) is 0.727. The molecule has 26 heavy (non-hydrogen) atoms. The number of nitriles is 1. The van der Waals surface area contributed by atoms with Crippen LogP contribution in [0.4, 0.5) is 5.69 Å². The lowest BCUT2D eigenvalue weighted by atomic mass is 10.0. The summed E-state index contributed by atoms with van der Waals surface area (Å²) in [6.45, 7) is 1.39. The van der Waals surface area contributed by atoms with Crippen molar-refractivity contribution in [3.8, 4) is 6.07 Å². The van der Waals surface area contributed by atoms with E-state index in [0.29, 0.717) is 22.4 Å². The minimum atomic E-state index is -0.911. The first-order valence-corrected chi connectivity index (χ1v) is 7.86. The van der Waals surface area contributed by atoms with E-state index in [9.17, 15) is 14.4 Å². The number of hydrogen-bond acceptors (Lipinski definition) is 4. The number of nitrogens with two attached hydrogens (primary N) is 1. The number of benzene rings is 2. The van der Waals surface area contributed by atoms with Crippen LogP contribution in [0.5, 0.6) is 0 Å². The second-order valence-electron chi connectivity index (χ2n) is 5.70. The highest BCUT2D eigenvalue weighted by Gasteiger charge is 2.19. The van der Waals surface area contributed by atoms with Gasteiger partial charge in [-0.3, -0.25) is 14.4 Å². The Labute approximate surface area is 150 Å². The third-order valence-electron chi connectivity index (χ3n) is 3.61. The van der Waals surface area contributed by atoms with Gasteiger partial charge in [-0.15, -0.1) is 0 Å². The summed E-state index contributed by atoms with van der Waals surface area (Å²) in [6.07, 6.45) is 0.181. The fourth-order valence-corrected chi connectivity index (χ4v) is 2.38. The molecule has 132 valence electrons. The molecule has 0 saturated heterocycles. The molecular formula is C19H18N4O3. The van der Waals surface area contributed by atoms with Gasteiger partial charge < -0.3 is 16.4 Å². The van der Waals surface area contributed by atoms with Gasteiger partial charge in [-0.05, 0) is 42.0 Å².